The van der Waals surface area contributed by atoms with Crippen LogP contribution in [0.25, 0.3) is 12.2 Å². The molecule has 0 atom stereocenters. The molecule has 0 saturated heterocycles. The molecule has 0 aliphatic heterocycles. The van der Waals surface area contributed by atoms with Crippen molar-refractivity contribution in [2.75, 3.05) is 11.5 Å². The molecule has 8 heteroatoms. The predicted molar refractivity (Wildman–Crippen MR) is 232 cm³/mol. The van der Waals surface area contributed by atoms with Gasteiger partial charge in [0.1, 0.15) is 23.0 Å². The molecule has 4 rings (SSSR count). The molecule has 0 radical (unpaired) electrons. The van der Waals surface area contributed by atoms with Crippen molar-refractivity contribution in [3.63, 3.8) is 0 Å². The standard InChI is InChI=1S/2C24H31NO3/c1-14(2)20-13-21(15(3)4)24(28-16(5)6)19(23(20)27)11-12-22(26)17-7-9-18(25)10-8-17;1-5-7-18-15-19(8-6-2)24(28-16(3)4)21(23(18)27)13-14-22(26)17-9-11-20(25)12-10-17/h7-16,27H,25H2,1-6H3;9-16,27H,5-8,25H2,1-4H3/b12-11+;14-13+. The van der Waals surface area contributed by atoms with E-state index >= 15 is 0 Å². The van der Waals surface area contributed by atoms with Gasteiger partial charge in [-0.3, -0.25) is 9.59 Å². The molecule has 0 aliphatic carbocycles. The van der Waals surface area contributed by atoms with Gasteiger partial charge in [0.2, 0.25) is 0 Å². The van der Waals surface area contributed by atoms with Crippen LogP contribution in [0.5, 0.6) is 23.0 Å². The number of phenolic OH excluding ortho intramolecular Hbond substituents is 2. The van der Waals surface area contributed by atoms with Gasteiger partial charge in [-0.15, -0.1) is 0 Å². The summed E-state index contributed by atoms with van der Waals surface area (Å²) in [4.78, 5) is 25.1. The summed E-state index contributed by atoms with van der Waals surface area (Å²) in [6.07, 6.45) is 9.72. The molecular formula is C48H62N2O6. The maximum atomic E-state index is 12.6. The highest BCUT2D eigenvalue weighted by atomic mass is 16.5. The van der Waals surface area contributed by atoms with E-state index in [-0.39, 0.29) is 47.1 Å². The highest BCUT2D eigenvalue weighted by Crippen LogP contribution is 2.43. The fourth-order valence-corrected chi connectivity index (χ4v) is 6.16. The molecule has 0 unspecified atom stereocenters. The first kappa shape index (κ1) is 44.9. The van der Waals surface area contributed by atoms with Crippen LogP contribution in [0.1, 0.15) is 148 Å². The maximum absolute atomic E-state index is 12.6. The van der Waals surface area contributed by atoms with Crippen LogP contribution >= 0.6 is 0 Å². The lowest BCUT2D eigenvalue weighted by molar-refractivity contribution is 0.103. The quantitative estimate of drug-likeness (QED) is 0.0501. The molecule has 0 amide bonds. The molecule has 8 nitrogen and oxygen atoms in total. The van der Waals surface area contributed by atoms with E-state index in [0.29, 0.717) is 45.1 Å². The number of nitrogens with two attached hydrogens (primary N) is 2. The minimum atomic E-state index is -0.157. The summed E-state index contributed by atoms with van der Waals surface area (Å²) in [6, 6.07) is 17.6. The number of benzene rings is 4. The van der Waals surface area contributed by atoms with Crippen molar-refractivity contribution in [1.29, 1.82) is 0 Å². The van der Waals surface area contributed by atoms with Crippen LogP contribution in [0.15, 0.2) is 72.8 Å². The Bertz CT molecular complexity index is 1990. The van der Waals surface area contributed by atoms with E-state index < -0.39 is 0 Å². The number of aryl methyl sites for hydroxylation is 2. The van der Waals surface area contributed by atoms with E-state index in [9.17, 15) is 19.8 Å². The molecule has 0 aromatic heterocycles. The number of hydrogen-bond donors (Lipinski definition) is 4. The number of phenols is 2. The maximum Gasteiger partial charge on any atom is 0.185 e. The molecule has 0 heterocycles. The highest BCUT2D eigenvalue weighted by molar-refractivity contribution is 6.08. The van der Waals surface area contributed by atoms with E-state index in [1.165, 1.54) is 12.2 Å². The Morgan fingerprint density at radius 1 is 0.589 bits per heavy atom. The van der Waals surface area contributed by atoms with Crippen molar-refractivity contribution < 1.29 is 29.3 Å². The second-order valence-electron chi connectivity index (χ2n) is 15.2. The number of hydrogen-bond acceptors (Lipinski definition) is 8. The number of ether oxygens (including phenoxy) is 2. The van der Waals surface area contributed by atoms with Crippen molar-refractivity contribution in [2.24, 2.45) is 0 Å². The van der Waals surface area contributed by atoms with Gasteiger partial charge in [0.15, 0.2) is 11.6 Å². The molecule has 0 aliphatic rings. The van der Waals surface area contributed by atoms with Crippen LogP contribution in [0, 0.1) is 0 Å². The topological polar surface area (TPSA) is 145 Å². The first-order valence-electron chi connectivity index (χ1n) is 19.7. The minimum Gasteiger partial charge on any atom is -0.507 e. The Labute approximate surface area is 334 Å². The van der Waals surface area contributed by atoms with E-state index in [1.807, 2.05) is 53.7 Å². The third-order valence-corrected chi connectivity index (χ3v) is 8.97. The van der Waals surface area contributed by atoms with Crippen LogP contribution in [-0.4, -0.2) is 34.0 Å². The van der Waals surface area contributed by atoms with E-state index in [1.54, 1.807) is 60.7 Å². The average molecular weight is 763 g/mol. The van der Waals surface area contributed by atoms with Crippen molar-refractivity contribution in [3.05, 3.63) is 117 Å². The fraction of sp³-hybridized carbons (Fsp3) is 0.375. The van der Waals surface area contributed by atoms with Crippen LogP contribution < -0.4 is 20.9 Å². The lowest BCUT2D eigenvalue weighted by Gasteiger charge is -2.23. The van der Waals surface area contributed by atoms with Crippen LogP contribution in [0.4, 0.5) is 11.4 Å². The average Bonchev–Trinajstić information content (AvgIpc) is 3.13. The Morgan fingerprint density at radius 3 is 1.41 bits per heavy atom. The molecule has 300 valence electrons. The van der Waals surface area contributed by atoms with Gasteiger partial charge >= 0.3 is 0 Å². The fourth-order valence-electron chi connectivity index (χ4n) is 6.16. The van der Waals surface area contributed by atoms with Gasteiger partial charge in [0, 0.05) is 22.5 Å². The van der Waals surface area contributed by atoms with Crippen LogP contribution in [0.2, 0.25) is 0 Å². The first-order valence-corrected chi connectivity index (χ1v) is 19.7. The van der Waals surface area contributed by atoms with Crippen molar-refractivity contribution >= 4 is 35.1 Å². The molecule has 0 bridgehead atoms. The number of rotatable bonds is 16. The van der Waals surface area contributed by atoms with E-state index in [4.69, 9.17) is 20.9 Å². The molecule has 56 heavy (non-hydrogen) atoms. The number of ketones is 2. The zero-order valence-electron chi connectivity index (χ0n) is 34.9. The molecule has 0 spiro atoms. The molecule has 4 aromatic rings. The van der Waals surface area contributed by atoms with Gasteiger partial charge in [-0.2, -0.15) is 0 Å². The van der Waals surface area contributed by atoms with Gasteiger partial charge in [0.05, 0.1) is 23.3 Å². The Morgan fingerprint density at radius 2 is 1.00 bits per heavy atom. The summed E-state index contributed by atoms with van der Waals surface area (Å²) in [5, 5.41) is 21.8. The lowest BCUT2D eigenvalue weighted by atomic mass is 9.90. The normalized spacial score (nSPS) is 11.5. The number of anilines is 2. The summed E-state index contributed by atoms with van der Waals surface area (Å²) in [6.45, 7) is 20.3. The summed E-state index contributed by atoms with van der Waals surface area (Å²) in [5.41, 5.74) is 18.6. The summed E-state index contributed by atoms with van der Waals surface area (Å²) in [7, 11) is 0. The van der Waals surface area contributed by atoms with Crippen LogP contribution in [-0.2, 0) is 12.8 Å². The zero-order valence-corrected chi connectivity index (χ0v) is 34.9. The molecule has 0 saturated carbocycles. The summed E-state index contributed by atoms with van der Waals surface area (Å²) < 4.78 is 12.1. The third-order valence-electron chi connectivity index (χ3n) is 8.97. The monoisotopic (exact) mass is 762 g/mol. The van der Waals surface area contributed by atoms with Crippen molar-refractivity contribution in [2.45, 2.75) is 119 Å². The predicted octanol–water partition coefficient (Wildman–Crippen LogP) is 11.5. The van der Waals surface area contributed by atoms with Gasteiger partial charge in [-0.25, -0.2) is 0 Å². The van der Waals surface area contributed by atoms with Gasteiger partial charge < -0.3 is 31.2 Å². The smallest absolute Gasteiger partial charge is 0.185 e. The Hall–Kier alpha value is -5.50. The number of allylic oxidation sites excluding steroid dienone is 2. The van der Waals surface area contributed by atoms with Crippen molar-refractivity contribution in [3.8, 4) is 23.0 Å². The highest BCUT2D eigenvalue weighted by Gasteiger charge is 2.22. The zero-order chi connectivity index (χ0) is 41.7. The number of aromatic hydroxyl groups is 2. The van der Waals surface area contributed by atoms with Crippen molar-refractivity contribution in [1.82, 2.24) is 0 Å². The second kappa shape index (κ2) is 21.0. The van der Waals surface area contributed by atoms with Gasteiger partial charge in [-0.05, 0) is 160 Å². The number of carbonyl (C=O) groups is 2. The Kier molecular flexibility index (Phi) is 16.8. The number of nitrogen functional groups attached to an aromatic ring is 2. The lowest BCUT2D eigenvalue weighted by Crippen LogP contribution is -2.11. The second-order valence-corrected chi connectivity index (χ2v) is 15.2. The molecule has 4 aromatic carbocycles. The summed E-state index contributed by atoms with van der Waals surface area (Å²) in [5.74, 6) is 1.71. The minimum absolute atomic E-state index is 0.0352. The van der Waals surface area contributed by atoms with Gasteiger partial charge in [-0.1, -0.05) is 54.4 Å². The third kappa shape index (κ3) is 12.3. The Balaban J connectivity index is 0.000000300. The molecule has 0 fully saturated rings. The summed E-state index contributed by atoms with van der Waals surface area (Å²) >= 11 is 0. The molecular weight excluding hydrogens is 701 g/mol. The molecule has 6 N–H and O–H groups in total. The number of carbonyl (C=O) groups excluding carboxylic acids is 2. The largest absolute Gasteiger partial charge is 0.507 e. The van der Waals surface area contributed by atoms with Gasteiger partial charge in [0.25, 0.3) is 0 Å². The van der Waals surface area contributed by atoms with E-state index in [2.05, 4.69) is 27.7 Å². The van der Waals surface area contributed by atoms with Crippen LogP contribution in [0.3, 0.4) is 0 Å². The van der Waals surface area contributed by atoms with E-state index in [0.717, 1.165) is 47.9 Å². The first-order chi connectivity index (χ1) is 26.5. The SMILES string of the molecule is CC(C)Oc1c(C(C)C)cc(C(C)C)c(O)c1/C=C/C(=O)c1ccc(N)cc1.CCCc1cc(CCC)c(OC(C)C)c(/C=C/C(=O)c2ccc(N)cc2)c1O.